The summed E-state index contributed by atoms with van der Waals surface area (Å²) in [7, 11) is 3.80. The maximum absolute atomic E-state index is 13.2. The number of pyridine rings is 1. The van der Waals surface area contributed by atoms with E-state index >= 15 is 0 Å². The van der Waals surface area contributed by atoms with Crippen molar-refractivity contribution in [1.29, 1.82) is 0 Å². The van der Waals surface area contributed by atoms with Gasteiger partial charge >= 0.3 is 0 Å². The molecule has 0 bridgehead atoms. The molecule has 4 rings (SSSR count). The van der Waals surface area contributed by atoms with Gasteiger partial charge in [0, 0.05) is 37.7 Å². The number of carbonyl (C=O) groups excluding carboxylic acids is 1. The van der Waals surface area contributed by atoms with Crippen LogP contribution in [0.2, 0.25) is 0 Å². The van der Waals surface area contributed by atoms with Crippen LogP contribution in [0, 0.1) is 0 Å². The zero-order valence-corrected chi connectivity index (χ0v) is 15.0. The molecule has 1 aliphatic heterocycles. The van der Waals surface area contributed by atoms with Gasteiger partial charge in [-0.3, -0.25) is 4.79 Å². The summed E-state index contributed by atoms with van der Waals surface area (Å²) in [5.41, 5.74) is 2.64. The van der Waals surface area contributed by atoms with E-state index in [2.05, 4.69) is 10.3 Å². The number of ether oxygens (including phenoxy) is 1. The summed E-state index contributed by atoms with van der Waals surface area (Å²) in [6.07, 6.45) is 1.70. The number of nitrogens with zero attached hydrogens (tertiary/aromatic N) is 3. The zero-order chi connectivity index (χ0) is 18.1. The second-order valence-electron chi connectivity index (χ2n) is 6.48. The van der Waals surface area contributed by atoms with E-state index in [0.717, 1.165) is 28.0 Å². The Balaban J connectivity index is 1.60. The molecule has 26 heavy (non-hydrogen) atoms. The first kappa shape index (κ1) is 16.6. The quantitative estimate of drug-likeness (QED) is 0.789. The Bertz CT molecular complexity index is 950. The topological polar surface area (TPSA) is 59.4 Å². The third kappa shape index (κ3) is 2.93. The monoisotopic (exact) mass is 350 g/mol. The molecule has 0 spiro atoms. The highest BCUT2D eigenvalue weighted by molar-refractivity contribution is 6.07. The Hall–Kier alpha value is -2.86. The largest absolute Gasteiger partial charge is 0.373 e. The summed E-state index contributed by atoms with van der Waals surface area (Å²) in [6.45, 7) is 1.60. The molecule has 0 radical (unpaired) electrons. The summed E-state index contributed by atoms with van der Waals surface area (Å²) < 4.78 is 7.88. The summed E-state index contributed by atoms with van der Waals surface area (Å²) >= 11 is 0. The lowest BCUT2D eigenvalue weighted by Gasteiger charge is -2.32. The molecule has 0 saturated carbocycles. The van der Waals surface area contributed by atoms with Gasteiger partial charge in [-0.05, 0) is 18.2 Å². The van der Waals surface area contributed by atoms with Crippen molar-refractivity contribution in [2.45, 2.75) is 6.10 Å². The maximum Gasteiger partial charge on any atom is 0.256 e. The fourth-order valence-electron chi connectivity index (χ4n) is 3.47. The van der Waals surface area contributed by atoms with Gasteiger partial charge in [-0.1, -0.05) is 24.3 Å². The SMILES string of the molecule is CNc1cccc([C@@H]2CN(C(=O)c3cn(C)c4ccccc34)CCO2)n1. The Morgan fingerprint density at radius 1 is 1.23 bits per heavy atom. The summed E-state index contributed by atoms with van der Waals surface area (Å²) in [4.78, 5) is 19.6. The molecule has 6 heteroatoms. The maximum atomic E-state index is 13.2. The number of anilines is 1. The molecule has 1 fully saturated rings. The number of benzene rings is 1. The van der Waals surface area contributed by atoms with Gasteiger partial charge in [-0.15, -0.1) is 0 Å². The summed E-state index contributed by atoms with van der Waals surface area (Å²) in [5.74, 6) is 0.837. The predicted molar refractivity (Wildman–Crippen MR) is 101 cm³/mol. The van der Waals surface area contributed by atoms with Crippen molar-refractivity contribution in [3.8, 4) is 0 Å². The van der Waals surface area contributed by atoms with Crippen LogP contribution in [-0.2, 0) is 11.8 Å². The summed E-state index contributed by atoms with van der Waals surface area (Å²) in [5, 5.41) is 4.02. The highest BCUT2D eigenvalue weighted by Gasteiger charge is 2.28. The number of hydrogen-bond donors (Lipinski definition) is 1. The molecule has 1 aromatic carbocycles. The highest BCUT2D eigenvalue weighted by atomic mass is 16.5. The minimum Gasteiger partial charge on any atom is -0.373 e. The number of aryl methyl sites for hydroxylation is 1. The number of hydrogen-bond acceptors (Lipinski definition) is 4. The first-order valence-electron chi connectivity index (χ1n) is 8.77. The van der Waals surface area contributed by atoms with Crippen LogP contribution >= 0.6 is 0 Å². The molecule has 0 unspecified atom stereocenters. The first-order chi connectivity index (χ1) is 12.7. The Kier molecular flexibility index (Phi) is 4.34. The van der Waals surface area contributed by atoms with E-state index in [9.17, 15) is 4.79 Å². The van der Waals surface area contributed by atoms with Crippen molar-refractivity contribution in [3.63, 3.8) is 0 Å². The molecule has 1 aliphatic rings. The molecule has 134 valence electrons. The van der Waals surface area contributed by atoms with Gasteiger partial charge in [-0.2, -0.15) is 0 Å². The lowest BCUT2D eigenvalue weighted by molar-refractivity contribution is -0.0246. The van der Waals surface area contributed by atoms with Crippen LogP contribution in [0.15, 0.2) is 48.7 Å². The number of para-hydroxylation sites is 1. The average Bonchev–Trinajstić information content (AvgIpc) is 3.04. The summed E-state index contributed by atoms with van der Waals surface area (Å²) in [6, 6.07) is 13.8. The smallest absolute Gasteiger partial charge is 0.256 e. The Morgan fingerprint density at radius 2 is 2.08 bits per heavy atom. The van der Waals surface area contributed by atoms with Gasteiger partial charge in [0.15, 0.2) is 0 Å². The van der Waals surface area contributed by atoms with Gasteiger partial charge in [0.1, 0.15) is 11.9 Å². The second-order valence-corrected chi connectivity index (χ2v) is 6.48. The number of rotatable bonds is 3. The van der Waals surface area contributed by atoms with Crippen molar-refractivity contribution in [3.05, 3.63) is 59.9 Å². The molecular weight excluding hydrogens is 328 g/mol. The van der Waals surface area contributed by atoms with Gasteiger partial charge in [0.25, 0.3) is 5.91 Å². The average molecular weight is 350 g/mol. The predicted octanol–water partition coefficient (Wildman–Crippen LogP) is 2.83. The van der Waals surface area contributed by atoms with Crippen molar-refractivity contribution in [2.75, 3.05) is 32.1 Å². The van der Waals surface area contributed by atoms with Crippen LogP contribution in [-0.4, -0.2) is 47.1 Å². The second kappa shape index (κ2) is 6.80. The van der Waals surface area contributed by atoms with E-state index in [-0.39, 0.29) is 12.0 Å². The van der Waals surface area contributed by atoms with Crippen molar-refractivity contribution >= 4 is 22.6 Å². The molecule has 1 saturated heterocycles. The molecule has 0 aliphatic carbocycles. The normalized spacial score (nSPS) is 17.5. The number of morpholine rings is 1. The molecule has 3 aromatic rings. The van der Waals surface area contributed by atoms with Crippen molar-refractivity contribution in [2.24, 2.45) is 7.05 Å². The van der Waals surface area contributed by atoms with Crippen molar-refractivity contribution < 1.29 is 9.53 Å². The molecule has 1 amide bonds. The van der Waals surface area contributed by atoms with Gasteiger partial charge in [-0.25, -0.2) is 4.98 Å². The molecular formula is C20H22N4O2. The van der Waals surface area contributed by atoms with E-state index in [1.165, 1.54) is 0 Å². The zero-order valence-electron chi connectivity index (χ0n) is 15.0. The van der Waals surface area contributed by atoms with E-state index in [1.54, 1.807) is 0 Å². The Labute approximate surface area is 152 Å². The number of fused-ring (bicyclic) bond motifs is 1. The molecule has 2 aromatic heterocycles. The van der Waals surface area contributed by atoms with Crippen LogP contribution in [0.4, 0.5) is 5.82 Å². The third-order valence-electron chi connectivity index (χ3n) is 4.84. The van der Waals surface area contributed by atoms with E-state index in [4.69, 9.17) is 4.74 Å². The van der Waals surface area contributed by atoms with Crippen LogP contribution in [0.25, 0.3) is 10.9 Å². The molecule has 1 N–H and O–H groups in total. The van der Waals surface area contributed by atoms with Gasteiger partial charge in [0.2, 0.25) is 0 Å². The minimum absolute atomic E-state index is 0.0415. The standard InChI is InChI=1S/C20H22N4O2/c1-21-19-9-5-7-16(22-19)18-13-24(10-11-26-18)20(25)15-12-23(2)17-8-4-3-6-14(15)17/h3-9,12,18H,10-11,13H2,1-2H3,(H,21,22)/t18-/m0/s1. The lowest BCUT2D eigenvalue weighted by Crippen LogP contribution is -2.42. The van der Waals surface area contributed by atoms with Gasteiger partial charge in [0.05, 0.1) is 24.4 Å². The van der Waals surface area contributed by atoms with Crippen LogP contribution < -0.4 is 5.32 Å². The van der Waals surface area contributed by atoms with Crippen LogP contribution in [0.5, 0.6) is 0 Å². The molecule has 6 nitrogen and oxygen atoms in total. The minimum atomic E-state index is -0.212. The number of amides is 1. The van der Waals surface area contributed by atoms with Crippen LogP contribution in [0.1, 0.15) is 22.2 Å². The molecule has 3 heterocycles. The highest BCUT2D eigenvalue weighted by Crippen LogP contribution is 2.26. The fourth-order valence-corrected chi connectivity index (χ4v) is 3.47. The lowest BCUT2D eigenvalue weighted by atomic mass is 10.1. The van der Waals surface area contributed by atoms with Crippen LogP contribution in [0.3, 0.4) is 0 Å². The number of aromatic nitrogens is 2. The fraction of sp³-hybridized carbons (Fsp3) is 0.300. The van der Waals surface area contributed by atoms with E-state index in [0.29, 0.717) is 19.7 Å². The number of nitrogens with one attached hydrogen (secondary N) is 1. The number of carbonyl (C=O) groups is 1. The van der Waals surface area contributed by atoms with E-state index < -0.39 is 0 Å². The molecule has 1 atom stereocenters. The van der Waals surface area contributed by atoms with E-state index in [1.807, 2.05) is 72.2 Å². The van der Waals surface area contributed by atoms with Gasteiger partial charge < -0.3 is 19.5 Å². The third-order valence-corrected chi connectivity index (χ3v) is 4.84. The van der Waals surface area contributed by atoms with Crippen molar-refractivity contribution in [1.82, 2.24) is 14.5 Å². The first-order valence-corrected chi connectivity index (χ1v) is 8.77. The Morgan fingerprint density at radius 3 is 2.92 bits per heavy atom.